The van der Waals surface area contributed by atoms with E-state index in [1.807, 2.05) is 6.07 Å². The van der Waals surface area contributed by atoms with Crippen LogP contribution in [0, 0.1) is 12.8 Å². The van der Waals surface area contributed by atoms with E-state index in [2.05, 4.69) is 59.3 Å². The smallest absolute Gasteiger partial charge is 0.196 e. The van der Waals surface area contributed by atoms with Gasteiger partial charge in [0.15, 0.2) is 11.7 Å². The molecule has 4 N–H and O–H groups in total. The second-order valence-corrected chi connectivity index (χ2v) is 9.34. The molecular weight excluding hydrogens is 374 g/mol. The van der Waals surface area contributed by atoms with Crippen LogP contribution in [0.25, 0.3) is 0 Å². The number of benzene rings is 1. The average molecular weight is 412 g/mol. The number of nitrogens with one attached hydrogen (secondary N) is 4. The Morgan fingerprint density at radius 2 is 1.97 bits per heavy atom. The minimum Gasteiger partial charge on any atom is -0.487 e. The Balaban J connectivity index is 0.000000151. The van der Waals surface area contributed by atoms with Crippen LogP contribution >= 0.6 is 0 Å². The van der Waals surface area contributed by atoms with E-state index in [0.717, 1.165) is 48.6 Å². The summed E-state index contributed by atoms with van der Waals surface area (Å²) in [6.07, 6.45) is 10.9. The van der Waals surface area contributed by atoms with Gasteiger partial charge >= 0.3 is 0 Å². The molecule has 164 valence electrons. The first-order valence-corrected chi connectivity index (χ1v) is 11.6. The topological polar surface area (TPSA) is 69.7 Å². The fourth-order valence-corrected chi connectivity index (χ4v) is 4.57. The molecule has 0 bridgehead atoms. The maximum atomic E-state index is 5.74. The molecule has 4 aliphatic rings. The number of ether oxygens (including phenoxy) is 1. The Morgan fingerprint density at radius 3 is 2.63 bits per heavy atom. The van der Waals surface area contributed by atoms with Crippen molar-refractivity contribution in [1.82, 2.24) is 10.6 Å². The van der Waals surface area contributed by atoms with Gasteiger partial charge in [0.25, 0.3) is 0 Å². The van der Waals surface area contributed by atoms with Gasteiger partial charge in [0.1, 0.15) is 6.61 Å². The van der Waals surface area contributed by atoms with Crippen molar-refractivity contribution in [2.24, 2.45) is 10.9 Å². The number of aryl methyl sites for hydroxylation is 1. The maximum absolute atomic E-state index is 5.74. The summed E-state index contributed by atoms with van der Waals surface area (Å²) < 4.78 is 5.74. The SMILES string of the molecule is CC1(C)NC=C1CC1CCCCC1.Cc1ccc(NC2=NCCN2)c2c1NCCO2. The number of fused-ring (bicyclic) bond motifs is 1. The number of nitrogens with zero attached hydrogens (tertiary/aromatic N) is 1. The zero-order chi connectivity index (χ0) is 21.0. The van der Waals surface area contributed by atoms with Gasteiger partial charge < -0.3 is 26.0 Å². The molecule has 3 heterocycles. The first kappa shape index (κ1) is 20.9. The monoisotopic (exact) mass is 411 g/mol. The largest absolute Gasteiger partial charge is 0.487 e. The summed E-state index contributed by atoms with van der Waals surface area (Å²) in [5, 5.41) is 13.2. The average Bonchev–Trinajstić information content (AvgIpc) is 3.28. The first-order chi connectivity index (χ1) is 14.5. The molecule has 0 saturated heterocycles. The summed E-state index contributed by atoms with van der Waals surface area (Å²) in [5.74, 6) is 2.71. The predicted octanol–water partition coefficient (Wildman–Crippen LogP) is 4.39. The molecule has 1 aromatic carbocycles. The molecule has 6 nitrogen and oxygen atoms in total. The molecule has 0 radical (unpaired) electrons. The molecule has 1 aliphatic carbocycles. The first-order valence-electron chi connectivity index (χ1n) is 11.6. The van der Waals surface area contributed by atoms with Gasteiger partial charge in [-0.1, -0.05) is 38.2 Å². The molecular formula is C24H37N5O. The number of rotatable bonds is 3. The van der Waals surface area contributed by atoms with Crippen LogP contribution < -0.4 is 26.0 Å². The van der Waals surface area contributed by atoms with E-state index in [-0.39, 0.29) is 0 Å². The lowest BCUT2D eigenvalue weighted by molar-refractivity contribution is 0.323. The summed E-state index contributed by atoms with van der Waals surface area (Å²) in [5.41, 5.74) is 5.19. The Labute approximate surface area is 181 Å². The van der Waals surface area contributed by atoms with Gasteiger partial charge in [0.2, 0.25) is 0 Å². The second kappa shape index (κ2) is 9.19. The molecule has 0 amide bonds. The van der Waals surface area contributed by atoms with Gasteiger partial charge in [-0.25, -0.2) is 0 Å². The minimum atomic E-state index is 0.303. The highest BCUT2D eigenvalue weighted by Crippen LogP contribution is 2.38. The van der Waals surface area contributed by atoms with Crippen molar-refractivity contribution in [3.8, 4) is 5.75 Å². The van der Waals surface area contributed by atoms with E-state index < -0.39 is 0 Å². The van der Waals surface area contributed by atoms with E-state index in [1.54, 1.807) is 5.57 Å². The van der Waals surface area contributed by atoms with Crippen LogP contribution in [0.5, 0.6) is 5.75 Å². The maximum Gasteiger partial charge on any atom is 0.196 e. The van der Waals surface area contributed by atoms with Gasteiger partial charge in [0, 0.05) is 13.1 Å². The van der Waals surface area contributed by atoms with Crippen molar-refractivity contribution in [2.45, 2.75) is 64.8 Å². The van der Waals surface area contributed by atoms with Crippen LogP contribution in [0.4, 0.5) is 11.4 Å². The van der Waals surface area contributed by atoms with Crippen LogP contribution in [0.3, 0.4) is 0 Å². The number of aliphatic imine (C=N–C) groups is 1. The van der Waals surface area contributed by atoms with Gasteiger partial charge in [-0.2, -0.15) is 0 Å². The van der Waals surface area contributed by atoms with Crippen LogP contribution in [0.15, 0.2) is 28.9 Å². The molecule has 5 rings (SSSR count). The van der Waals surface area contributed by atoms with E-state index in [9.17, 15) is 0 Å². The van der Waals surface area contributed by atoms with E-state index in [4.69, 9.17) is 4.74 Å². The highest BCUT2D eigenvalue weighted by molar-refractivity contribution is 5.97. The van der Waals surface area contributed by atoms with Gasteiger partial charge in [-0.05, 0) is 56.5 Å². The van der Waals surface area contributed by atoms with Gasteiger partial charge in [-0.3, -0.25) is 4.99 Å². The third kappa shape index (κ3) is 4.85. The molecule has 1 fully saturated rings. The fraction of sp³-hybridized carbons (Fsp3) is 0.625. The number of anilines is 2. The normalized spacial score (nSPS) is 21.7. The lowest BCUT2D eigenvalue weighted by atomic mass is 9.78. The van der Waals surface area contributed by atoms with Crippen molar-refractivity contribution in [2.75, 3.05) is 36.9 Å². The fourth-order valence-electron chi connectivity index (χ4n) is 4.57. The number of hydrogen-bond acceptors (Lipinski definition) is 6. The molecule has 0 atom stereocenters. The molecule has 6 heteroatoms. The Hall–Kier alpha value is -2.37. The molecule has 0 unspecified atom stereocenters. The van der Waals surface area contributed by atoms with Crippen molar-refractivity contribution in [1.29, 1.82) is 0 Å². The van der Waals surface area contributed by atoms with Crippen molar-refractivity contribution in [3.05, 3.63) is 29.5 Å². The van der Waals surface area contributed by atoms with Gasteiger partial charge in [-0.15, -0.1) is 0 Å². The minimum absolute atomic E-state index is 0.303. The van der Waals surface area contributed by atoms with Crippen LogP contribution in [0.1, 0.15) is 57.9 Å². The van der Waals surface area contributed by atoms with E-state index in [0.29, 0.717) is 12.1 Å². The summed E-state index contributed by atoms with van der Waals surface area (Å²) >= 11 is 0. The summed E-state index contributed by atoms with van der Waals surface area (Å²) in [6.45, 7) is 9.93. The zero-order valence-electron chi connectivity index (χ0n) is 18.7. The Bertz CT molecular complexity index is 808. The molecule has 0 aromatic heterocycles. The standard InChI is InChI=1S/C12H16N4O.C12H21N/c1-8-2-3-9(16-12-14-4-5-15-12)11-10(8)13-6-7-17-11;1-12(2)11(9-13-12)8-10-6-4-3-5-7-10/h2-3,13H,4-7H2,1H3,(H2,14,15,16);9-10,13H,3-8H2,1-2H3. The number of hydrogen-bond donors (Lipinski definition) is 4. The molecule has 1 saturated carbocycles. The Morgan fingerprint density at radius 1 is 1.13 bits per heavy atom. The van der Waals surface area contributed by atoms with Crippen molar-refractivity contribution < 1.29 is 4.74 Å². The molecule has 1 aromatic rings. The zero-order valence-corrected chi connectivity index (χ0v) is 18.7. The Kier molecular flexibility index (Phi) is 6.40. The van der Waals surface area contributed by atoms with Crippen molar-refractivity contribution >= 4 is 17.3 Å². The van der Waals surface area contributed by atoms with Crippen LogP contribution in [-0.2, 0) is 0 Å². The second-order valence-electron chi connectivity index (χ2n) is 9.34. The summed E-state index contributed by atoms with van der Waals surface area (Å²) in [7, 11) is 0. The predicted molar refractivity (Wildman–Crippen MR) is 126 cm³/mol. The number of guanidine groups is 1. The highest BCUT2D eigenvalue weighted by Gasteiger charge is 2.30. The lowest BCUT2D eigenvalue weighted by Crippen LogP contribution is -2.46. The molecule has 3 aliphatic heterocycles. The van der Waals surface area contributed by atoms with Crippen molar-refractivity contribution in [3.63, 3.8) is 0 Å². The lowest BCUT2D eigenvalue weighted by Gasteiger charge is -2.39. The third-order valence-electron chi connectivity index (χ3n) is 6.59. The summed E-state index contributed by atoms with van der Waals surface area (Å²) in [6, 6.07) is 4.11. The van der Waals surface area contributed by atoms with Crippen LogP contribution in [-0.4, -0.2) is 37.7 Å². The van der Waals surface area contributed by atoms with Crippen LogP contribution in [0.2, 0.25) is 0 Å². The van der Waals surface area contributed by atoms with E-state index in [1.165, 1.54) is 44.1 Å². The molecule has 0 spiro atoms. The third-order valence-corrected chi connectivity index (χ3v) is 6.59. The highest BCUT2D eigenvalue weighted by atomic mass is 16.5. The van der Waals surface area contributed by atoms with E-state index >= 15 is 0 Å². The quantitative estimate of drug-likeness (QED) is 0.594. The van der Waals surface area contributed by atoms with Gasteiger partial charge in [0.05, 0.1) is 23.5 Å². The molecule has 30 heavy (non-hydrogen) atoms. The summed E-state index contributed by atoms with van der Waals surface area (Å²) in [4.78, 5) is 4.32.